The van der Waals surface area contributed by atoms with Crippen molar-refractivity contribution in [3.63, 3.8) is 0 Å². The second-order valence-corrected chi connectivity index (χ2v) is 5.14. The van der Waals surface area contributed by atoms with Gasteiger partial charge in [0.25, 0.3) is 0 Å². The van der Waals surface area contributed by atoms with Crippen LogP contribution in [0.15, 0.2) is 23.0 Å². The van der Waals surface area contributed by atoms with Gasteiger partial charge < -0.3 is 9.52 Å². The predicted octanol–water partition coefficient (Wildman–Crippen LogP) is 3.31. The monoisotopic (exact) mass is 208 g/mol. The van der Waals surface area contributed by atoms with E-state index in [9.17, 15) is 5.11 Å². The van der Waals surface area contributed by atoms with E-state index in [0.29, 0.717) is 11.8 Å². The topological polar surface area (TPSA) is 33.4 Å². The molecule has 0 aliphatic heterocycles. The van der Waals surface area contributed by atoms with E-state index < -0.39 is 5.60 Å². The van der Waals surface area contributed by atoms with Crippen LogP contribution in [-0.4, -0.2) is 5.11 Å². The SMILES string of the molecule is CC(C)C1CCCC(O)(c2ccoc2)C1. The zero-order chi connectivity index (χ0) is 10.9. The van der Waals surface area contributed by atoms with Gasteiger partial charge in [-0.3, -0.25) is 0 Å². The van der Waals surface area contributed by atoms with Gasteiger partial charge in [0, 0.05) is 5.56 Å². The third-order valence-electron chi connectivity index (χ3n) is 3.77. The molecule has 1 aliphatic rings. The zero-order valence-corrected chi connectivity index (χ0v) is 9.57. The minimum absolute atomic E-state index is 0.638. The normalized spacial score (nSPS) is 32.1. The Labute approximate surface area is 91.3 Å². The minimum Gasteiger partial charge on any atom is -0.472 e. The Balaban J connectivity index is 2.15. The van der Waals surface area contributed by atoms with E-state index in [4.69, 9.17) is 4.42 Å². The van der Waals surface area contributed by atoms with E-state index in [1.54, 1.807) is 12.5 Å². The predicted molar refractivity (Wildman–Crippen MR) is 59.4 cm³/mol. The molecule has 2 atom stereocenters. The fraction of sp³-hybridized carbons (Fsp3) is 0.692. The number of rotatable bonds is 2. The fourth-order valence-electron chi connectivity index (χ4n) is 2.66. The molecule has 1 aliphatic carbocycles. The summed E-state index contributed by atoms with van der Waals surface area (Å²) in [5, 5.41) is 10.6. The maximum absolute atomic E-state index is 10.6. The second kappa shape index (κ2) is 4.01. The Hall–Kier alpha value is -0.760. The highest BCUT2D eigenvalue weighted by Gasteiger charge is 2.37. The fourth-order valence-corrected chi connectivity index (χ4v) is 2.66. The Morgan fingerprint density at radius 1 is 1.53 bits per heavy atom. The summed E-state index contributed by atoms with van der Waals surface area (Å²) in [5.41, 5.74) is 0.313. The second-order valence-electron chi connectivity index (χ2n) is 5.14. The standard InChI is InChI=1S/C13H20O2/c1-10(2)11-4-3-6-13(14,8-11)12-5-7-15-9-12/h5,7,9-11,14H,3-4,6,8H2,1-2H3. The third kappa shape index (κ3) is 2.10. The molecule has 1 fully saturated rings. The molecule has 0 saturated heterocycles. The van der Waals surface area contributed by atoms with Gasteiger partial charge in [-0.2, -0.15) is 0 Å². The lowest BCUT2D eigenvalue weighted by Gasteiger charge is -2.38. The lowest BCUT2D eigenvalue weighted by atomic mass is 9.71. The summed E-state index contributed by atoms with van der Waals surface area (Å²) in [7, 11) is 0. The van der Waals surface area contributed by atoms with Gasteiger partial charge in [0.1, 0.15) is 0 Å². The van der Waals surface area contributed by atoms with Crippen molar-refractivity contribution in [1.29, 1.82) is 0 Å². The molecule has 0 spiro atoms. The van der Waals surface area contributed by atoms with Gasteiger partial charge in [0.15, 0.2) is 0 Å². The number of aliphatic hydroxyl groups is 1. The molecule has 84 valence electrons. The van der Waals surface area contributed by atoms with Gasteiger partial charge in [0.05, 0.1) is 18.1 Å². The molecule has 0 radical (unpaired) electrons. The number of hydrogen-bond donors (Lipinski definition) is 1. The van der Waals surface area contributed by atoms with Crippen molar-refractivity contribution >= 4 is 0 Å². The van der Waals surface area contributed by atoms with Crippen LogP contribution in [-0.2, 0) is 5.60 Å². The highest BCUT2D eigenvalue weighted by atomic mass is 16.3. The third-order valence-corrected chi connectivity index (χ3v) is 3.77. The summed E-state index contributed by atoms with van der Waals surface area (Å²) >= 11 is 0. The number of furan rings is 1. The van der Waals surface area contributed by atoms with Crippen LogP contribution < -0.4 is 0 Å². The first-order valence-electron chi connectivity index (χ1n) is 5.87. The lowest BCUT2D eigenvalue weighted by Crippen LogP contribution is -2.34. The van der Waals surface area contributed by atoms with Crippen LogP contribution in [0, 0.1) is 11.8 Å². The van der Waals surface area contributed by atoms with Crippen molar-refractivity contribution in [3.8, 4) is 0 Å². The van der Waals surface area contributed by atoms with Crippen molar-refractivity contribution in [2.45, 2.75) is 45.1 Å². The van der Waals surface area contributed by atoms with Crippen molar-refractivity contribution in [1.82, 2.24) is 0 Å². The minimum atomic E-state index is -0.639. The molecule has 0 amide bonds. The van der Waals surface area contributed by atoms with E-state index in [1.807, 2.05) is 6.07 Å². The molecule has 2 rings (SSSR count). The molecule has 1 aromatic rings. The maximum atomic E-state index is 10.6. The highest BCUT2D eigenvalue weighted by molar-refractivity contribution is 5.17. The Morgan fingerprint density at radius 2 is 2.33 bits per heavy atom. The quantitative estimate of drug-likeness (QED) is 0.808. The molecule has 2 nitrogen and oxygen atoms in total. The van der Waals surface area contributed by atoms with Crippen LogP contribution in [0.2, 0.25) is 0 Å². The molecule has 2 unspecified atom stereocenters. The smallest absolute Gasteiger partial charge is 0.0963 e. The Bertz CT molecular complexity index is 302. The van der Waals surface area contributed by atoms with Crippen LogP contribution in [0.1, 0.15) is 45.1 Å². The van der Waals surface area contributed by atoms with Crippen LogP contribution in [0.5, 0.6) is 0 Å². The number of hydrogen-bond acceptors (Lipinski definition) is 2. The van der Waals surface area contributed by atoms with E-state index >= 15 is 0 Å². The summed E-state index contributed by atoms with van der Waals surface area (Å²) in [6, 6.07) is 1.89. The Kier molecular flexibility index (Phi) is 2.87. The van der Waals surface area contributed by atoms with E-state index in [-0.39, 0.29) is 0 Å². The molecule has 1 heterocycles. The summed E-state index contributed by atoms with van der Waals surface area (Å²) in [5.74, 6) is 1.29. The van der Waals surface area contributed by atoms with Gasteiger partial charge >= 0.3 is 0 Å². The first-order valence-corrected chi connectivity index (χ1v) is 5.87. The van der Waals surface area contributed by atoms with Crippen molar-refractivity contribution < 1.29 is 9.52 Å². The molecule has 2 heteroatoms. The van der Waals surface area contributed by atoms with Crippen LogP contribution in [0.4, 0.5) is 0 Å². The first-order chi connectivity index (χ1) is 7.12. The Morgan fingerprint density at radius 3 is 2.93 bits per heavy atom. The van der Waals surface area contributed by atoms with Gasteiger partial charge in [-0.1, -0.05) is 13.8 Å². The first kappa shape index (κ1) is 10.7. The summed E-state index contributed by atoms with van der Waals surface area (Å²) < 4.78 is 5.07. The molecular formula is C13H20O2. The van der Waals surface area contributed by atoms with Gasteiger partial charge in [-0.25, -0.2) is 0 Å². The van der Waals surface area contributed by atoms with Crippen LogP contribution in [0.25, 0.3) is 0 Å². The highest BCUT2D eigenvalue weighted by Crippen LogP contribution is 2.42. The molecule has 1 aromatic heterocycles. The van der Waals surface area contributed by atoms with E-state index in [0.717, 1.165) is 24.8 Å². The van der Waals surface area contributed by atoms with Gasteiger partial charge in [0.2, 0.25) is 0 Å². The average Bonchev–Trinajstić information content (AvgIpc) is 2.71. The van der Waals surface area contributed by atoms with Gasteiger partial charge in [-0.15, -0.1) is 0 Å². The largest absolute Gasteiger partial charge is 0.472 e. The van der Waals surface area contributed by atoms with E-state index in [2.05, 4.69) is 13.8 Å². The van der Waals surface area contributed by atoms with Gasteiger partial charge in [-0.05, 0) is 43.6 Å². The van der Waals surface area contributed by atoms with E-state index in [1.165, 1.54) is 6.42 Å². The van der Waals surface area contributed by atoms with Crippen LogP contribution in [0.3, 0.4) is 0 Å². The van der Waals surface area contributed by atoms with Crippen LogP contribution >= 0.6 is 0 Å². The molecule has 0 bridgehead atoms. The van der Waals surface area contributed by atoms with Crippen molar-refractivity contribution in [2.24, 2.45) is 11.8 Å². The lowest BCUT2D eigenvalue weighted by molar-refractivity contribution is -0.0299. The molecule has 1 N–H and O–H groups in total. The van der Waals surface area contributed by atoms with Crippen molar-refractivity contribution in [3.05, 3.63) is 24.2 Å². The summed E-state index contributed by atoms with van der Waals surface area (Å²) in [4.78, 5) is 0. The molecule has 1 saturated carbocycles. The van der Waals surface area contributed by atoms with Crippen molar-refractivity contribution in [2.75, 3.05) is 0 Å². The summed E-state index contributed by atoms with van der Waals surface area (Å²) in [6.07, 6.45) is 7.44. The maximum Gasteiger partial charge on any atom is 0.0963 e. The molecule has 0 aromatic carbocycles. The average molecular weight is 208 g/mol. The molecule has 15 heavy (non-hydrogen) atoms. The zero-order valence-electron chi connectivity index (χ0n) is 9.57. The summed E-state index contributed by atoms with van der Waals surface area (Å²) in [6.45, 7) is 4.48. The molecular weight excluding hydrogens is 188 g/mol.